The lowest BCUT2D eigenvalue weighted by atomic mass is 9.97. The molecule has 0 saturated heterocycles. The van der Waals surface area contributed by atoms with Crippen molar-refractivity contribution in [2.75, 3.05) is 6.54 Å². The Morgan fingerprint density at radius 3 is 2.83 bits per heavy atom. The van der Waals surface area contributed by atoms with E-state index in [0.717, 1.165) is 31.2 Å². The van der Waals surface area contributed by atoms with Crippen LogP contribution in [0.3, 0.4) is 0 Å². The molecule has 1 aliphatic rings. The molecule has 2 aromatic heterocycles. The SMILES string of the molecule is O=C(CCn1cnc2sc3c(c2c1=O)CCCC3)NCC(F)(F)F. The van der Waals surface area contributed by atoms with Crippen LogP contribution < -0.4 is 10.9 Å². The Morgan fingerprint density at radius 2 is 2.08 bits per heavy atom. The predicted molar refractivity (Wildman–Crippen MR) is 84.2 cm³/mol. The van der Waals surface area contributed by atoms with E-state index < -0.39 is 18.6 Å². The average molecular weight is 359 g/mol. The van der Waals surface area contributed by atoms with Gasteiger partial charge in [0.05, 0.1) is 11.7 Å². The molecule has 0 saturated carbocycles. The Hall–Kier alpha value is -1.90. The van der Waals surface area contributed by atoms with E-state index in [2.05, 4.69) is 4.98 Å². The number of aromatic nitrogens is 2. The van der Waals surface area contributed by atoms with Crippen LogP contribution in [0.4, 0.5) is 13.2 Å². The maximum atomic E-state index is 12.6. The number of nitrogens with one attached hydrogen (secondary N) is 1. The van der Waals surface area contributed by atoms with Crippen LogP contribution in [0.1, 0.15) is 29.7 Å². The van der Waals surface area contributed by atoms with Crippen molar-refractivity contribution in [3.8, 4) is 0 Å². The van der Waals surface area contributed by atoms with Gasteiger partial charge in [-0.25, -0.2) is 4.98 Å². The first kappa shape index (κ1) is 16.9. The molecule has 5 nitrogen and oxygen atoms in total. The molecule has 1 amide bonds. The van der Waals surface area contributed by atoms with E-state index in [1.165, 1.54) is 27.1 Å². The van der Waals surface area contributed by atoms with Crippen LogP contribution in [0.15, 0.2) is 11.1 Å². The summed E-state index contributed by atoms with van der Waals surface area (Å²) >= 11 is 1.53. The van der Waals surface area contributed by atoms with Gasteiger partial charge in [0.1, 0.15) is 11.4 Å². The first-order valence-corrected chi connectivity index (χ1v) is 8.50. The molecule has 0 fully saturated rings. The van der Waals surface area contributed by atoms with Crippen molar-refractivity contribution in [3.63, 3.8) is 0 Å². The first-order valence-electron chi connectivity index (χ1n) is 7.68. The number of hydrogen-bond acceptors (Lipinski definition) is 4. The number of aryl methyl sites for hydroxylation is 3. The van der Waals surface area contributed by atoms with E-state index in [0.29, 0.717) is 10.2 Å². The number of thiophene rings is 1. The van der Waals surface area contributed by atoms with Crippen LogP contribution in [0.25, 0.3) is 10.2 Å². The molecule has 2 aromatic rings. The number of carbonyl (C=O) groups is 1. The minimum atomic E-state index is -4.44. The Balaban J connectivity index is 1.75. The van der Waals surface area contributed by atoms with Crippen LogP contribution in [-0.4, -0.2) is 28.2 Å². The summed E-state index contributed by atoms with van der Waals surface area (Å²) in [4.78, 5) is 30.3. The van der Waals surface area contributed by atoms with Gasteiger partial charge < -0.3 is 5.32 Å². The molecule has 0 spiro atoms. The van der Waals surface area contributed by atoms with Crippen molar-refractivity contribution in [1.82, 2.24) is 14.9 Å². The van der Waals surface area contributed by atoms with Gasteiger partial charge in [-0.05, 0) is 31.2 Å². The third-order valence-corrected chi connectivity index (χ3v) is 5.21. The molecule has 1 N–H and O–H groups in total. The Morgan fingerprint density at radius 1 is 1.33 bits per heavy atom. The van der Waals surface area contributed by atoms with Crippen molar-refractivity contribution < 1.29 is 18.0 Å². The fourth-order valence-electron chi connectivity index (χ4n) is 2.85. The van der Waals surface area contributed by atoms with E-state index in [-0.39, 0.29) is 18.5 Å². The smallest absolute Gasteiger partial charge is 0.347 e. The first-order chi connectivity index (χ1) is 11.3. The summed E-state index contributed by atoms with van der Waals surface area (Å²) < 4.78 is 37.5. The van der Waals surface area contributed by atoms with Crippen molar-refractivity contribution in [1.29, 1.82) is 0 Å². The van der Waals surface area contributed by atoms with Crippen LogP contribution in [-0.2, 0) is 24.2 Å². The molecular weight excluding hydrogens is 343 g/mol. The molecule has 2 heterocycles. The molecule has 0 aromatic carbocycles. The number of nitrogens with zero attached hydrogens (tertiary/aromatic N) is 2. The monoisotopic (exact) mass is 359 g/mol. The standard InChI is InChI=1S/C15H16F3N3O2S/c16-15(17,18)7-19-11(22)5-6-21-8-20-13-12(14(21)23)9-3-1-2-4-10(9)24-13/h8H,1-7H2,(H,19,22). The van der Waals surface area contributed by atoms with Gasteiger partial charge in [0.2, 0.25) is 5.91 Å². The van der Waals surface area contributed by atoms with Crippen molar-refractivity contribution in [3.05, 3.63) is 27.1 Å². The van der Waals surface area contributed by atoms with Crippen LogP contribution in [0.2, 0.25) is 0 Å². The molecule has 0 radical (unpaired) electrons. The molecule has 0 bridgehead atoms. The third-order valence-electron chi connectivity index (χ3n) is 4.01. The summed E-state index contributed by atoms with van der Waals surface area (Å²) in [5, 5.41) is 2.40. The number of rotatable bonds is 4. The molecule has 9 heteroatoms. The van der Waals surface area contributed by atoms with Crippen molar-refractivity contribution in [2.24, 2.45) is 0 Å². The van der Waals surface area contributed by atoms with Gasteiger partial charge in [0.25, 0.3) is 5.56 Å². The summed E-state index contributed by atoms with van der Waals surface area (Å²) in [6, 6.07) is 0. The highest BCUT2D eigenvalue weighted by molar-refractivity contribution is 7.18. The van der Waals surface area contributed by atoms with Gasteiger partial charge in [-0.3, -0.25) is 14.2 Å². The Bertz CT molecular complexity index is 826. The average Bonchev–Trinajstić information content (AvgIpc) is 2.91. The molecule has 0 unspecified atom stereocenters. The second-order valence-electron chi connectivity index (χ2n) is 5.78. The molecule has 0 atom stereocenters. The summed E-state index contributed by atoms with van der Waals surface area (Å²) in [6.45, 7) is -1.36. The fraction of sp³-hybridized carbons (Fsp3) is 0.533. The number of halogens is 3. The van der Waals surface area contributed by atoms with Gasteiger partial charge in [0, 0.05) is 17.8 Å². The fourth-order valence-corrected chi connectivity index (χ4v) is 4.07. The lowest BCUT2D eigenvalue weighted by molar-refractivity contribution is -0.138. The highest BCUT2D eigenvalue weighted by Gasteiger charge is 2.27. The number of fused-ring (bicyclic) bond motifs is 3. The number of carbonyl (C=O) groups excluding carboxylic acids is 1. The van der Waals surface area contributed by atoms with E-state index >= 15 is 0 Å². The van der Waals surface area contributed by atoms with Crippen LogP contribution >= 0.6 is 11.3 Å². The van der Waals surface area contributed by atoms with Gasteiger partial charge in [-0.2, -0.15) is 13.2 Å². The Labute approximate surface area is 139 Å². The second kappa shape index (κ2) is 6.54. The number of hydrogen-bond donors (Lipinski definition) is 1. The maximum Gasteiger partial charge on any atom is 0.405 e. The summed E-state index contributed by atoms with van der Waals surface area (Å²) in [6.07, 6.45) is 0.667. The minimum absolute atomic E-state index is 0.0100. The molecule has 24 heavy (non-hydrogen) atoms. The van der Waals surface area contributed by atoms with E-state index in [4.69, 9.17) is 0 Å². The maximum absolute atomic E-state index is 12.6. The van der Waals surface area contributed by atoms with Crippen molar-refractivity contribution in [2.45, 2.75) is 44.8 Å². The van der Waals surface area contributed by atoms with E-state index in [9.17, 15) is 22.8 Å². The number of amides is 1. The number of alkyl halides is 3. The molecule has 130 valence electrons. The predicted octanol–water partition coefficient (Wildman–Crippen LogP) is 2.41. The molecule has 1 aliphatic carbocycles. The van der Waals surface area contributed by atoms with Gasteiger partial charge >= 0.3 is 6.18 Å². The largest absolute Gasteiger partial charge is 0.405 e. The van der Waals surface area contributed by atoms with E-state index in [1.807, 2.05) is 0 Å². The third kappa shape index (κ3) is 3.61. The molecule has 3 rings (SSSR count). The normalized spacial score (nSPS) is 14.6. The summed E-state index contributed by atoms with van der Waals surface area (Å²) in [5.41, 5.74) is 0.831. The molecular formula is C15H16F3N3O2S. The highest BCUT2D eigenvalue weighted by atomic mass is 32.1. The van der Waals surface area contributed by atoms with Crippen molar-refractivity contribution >= 4 is 27.5 Å². The van der Waals surface area contributed by atoms with Gasteiger partial charge in [-0.1, -0.05) is 0 Å². The highest BCUT2D eigenvalue weighted by Crippen LogP contribution is 2.33. The summed E-state index contributed by atoms with van der Waals surface area (Å²) in [7, 11) is 0. The lowest BCUT2D eigenvalue weighted by Crippen LogP contribution is -2.34. The zero-order chi connectivity index (χ0) is 17.3. The zero-order valence-electron chi connectivity index (χ0n) is 12.8. The zero-order valence-corrected chi connectivity index (χ0v) is 13.6. The summed E-state index contributed by atoms with van der Waals surface area (Å²) in [5.74, 6) is -0.744. The lowest BCUT2D eigenvalue weighted by Gasteiger charge is -2.11. The van der Waals surface area contributed by atoms with Crippen LogP contribution in [0.5, 0.6) is 0 Å². The molecule has 0 aliphatic heterocycles. The second-order valence-corrected chi connectivity index (χ2v) is 6.86. The van der Waals surface area contributed by atoms with Gasteiger partial charge in [-0.15, -0.1) is 11.3 Å². The van der Waals surface area contributed by atoms with E-state index in [1.54, 1.807) is 5.32 Å². The minimum Gasteiger partial charge on any atom is -0.347 e. The Kier molecular flexibility index (Phi) is 4.62. The quantitative estimate of drug-likeness (QED) is 0.912. The van der Waals surface area contributed by atoms with Crippen LogP contribution in [0, 0.1) is 0 Å². The van der Waals surface area contributed by atoms with Gasteiger partial charge in [0.15, 0.2) is 0 Å². The topological polar surface area (TPSA) is 64.0 Å².